The molecule has 15 heavy (non-hydrogen) atoms. The predicted octanol–water partition coefficient (Wildman–Crippen LogP) is 2.56. The van der Waals surface area contributed by atoms with Gasteiger partial charge in [0.05, 0.1) is 10.6 Å². The SMILES string of the molecule is Cc1cc(C)n(C(=O)c2ccc(C)s2)n1. The maximum atomic E-state index is 12.0. The first kappa shape index (κ1) is 10.1. The minimum Gasteiger partial charge on any atom is -0.266 e. The summed E-state index contributed by atoms with van der Waals surface area (Å²) in [5.74, 6) is -0.0429. The summed E-state index contributed by atoms with van der Waals surface area (Å²) in [6, 6.07) is 5.70. The zero-order chi connectivity index (χ0) is 11.0. The van der Waals surface area contributed by atoms with E-state index in [0.717, 1.165) is 21.1 Å². The van der Waals surface area contributed by atoms with Crippen molar-refractivity contribution in [2.24, 2.45) is 0 Å². The number of nitrogens with zero attached hydrogens (tertiary/aromatic N) is 2. The number of hydrogen-bond acceptors (Lipinski definition) is 3. The Morgan fingerprint density at radius 3 is 2.53 bits per heavy atom. The Labute approximate surface area is 92.4 Å². The Hall–Kier alpha value is -1.42. The van der Waals surface area contributed by atoms with Crippen molar-refractivity contribution in [3.05, 3.63) is 39.3 Å². The van der Waals surface area contributed by atoms with Crippen LogP contribution in [0.1, 0.15) is 25.9 Å². The van der Waals surface area contributed by atoms with Crippen molar-refractivity contribution < 1.29 is 4.79 Å². The highest BCUT2D eigenvalue weighted by molar-refractivity contribution is 7.13. The van der Waals surface area contributed by atoms with Gasteiger partial charge in [0.2, 0.25) is 0 Å². The first-order valence-electron chi connectivity index (χ1n) is 4.72. The maximum Gasteiger partial charge on any atom is 0.288 e. The van der Waals surface area contributed by atoms with Crippen LogP contribution in [-0.2, 0) is 0 Å². The molecule has 3 nitrogen and oxygen atoms in total. The third-order valence-electron chi connectivity index (χ3n) is 2.15. The van der Waals surface area contributed by atoms with Gasteiger partial charge in [0.25, 0.3) is 5.91 Å². The summed E-state index contributed by atoms with van der Waals surface area (Å²) in [6.07, 6.45) is 0. The molecule has 2 aromatic heterocycles. The van der Waals surface area contributed by atoms with Gasteiger partial charge in [0, 0.05) is 10.6 Å². The number of rotatable bonds is 1. The molecular weight excluding hydrogens is 208 g/mol. The summed E-state index contributed by atoms with van der Waals surface area (Å²) in [7, 11) is 0. The molecule has 2 aromatic rings. The summed E-state index contributed by atoms with van der Waals surface area (Å²) in [5, 5.41) is 4.17. The lowest BCUT2D eigenvalue weighted by atomic mass is 10.4. The van der Waals surface area contributed by atoms with Gasteiger partial charge in [0.1, 0.15) is 0 Å². The van der Waals surface area contributed by atoms with E-state index in [1.165, 1.54) is 16.0 Å². The van der Waals surface area contributed by atoms with E-state index in [9.17, 15) is 4.79 Å². The van der Waals surface area contributed by atoms with E-state index in [1.807, 2.05) is 39.0 Å². The second kappa shape index (κ2) is 3.62. The van der Waals surface area contributed by atoms with E-state index in [4.69, 9.17) is 0 Å². The van der Waals surface area contributed by atoms with Gasteiger partial charge in [-0.3, -0.25) is 4.79 Å². The van der Waals surface area contributed by atoms with E-state index in [2.05, 4.69) is 5.10 Å². The molecule has 0 aliphatic carbocycles. The zero-order valence-corrected chi connectivity index (χ0v) is 9.76. The largest absolute Gasteiger partial charge is 0.288 e. The Morgan fingerprint density at radius 2 is 2.07 bits per heavy atom. The van der Waals surface area contributed by atoms with Crippen molar-refractivity contribution in [1.29, 1.82) is 0 Å². The molecule has 0 saturated carbocycles. The molecule has 0 aromatic carbocycles. The van der Waals surface area contributed by atoms with Crippen LogP contribution in [0.25, 0.3) is 0 Å². The van der Waals surface area contributed by atoms with Crippen LogP contribution in [0.4, 0.5) is 0 Å². The molecule has 0 unspecified atom stereocenters. The topological polar surface area (TPSA) is 34.9 Å². The quantitative estimate of drug-likeness (QED) is 0.740. The summed E-state index contributed by atoms with van der Waals surface area (Å²) >= 11 is 1.50. The van der Waals surface area contributed by atoms with Crippen LogP contribution < -0.4 is 0 Å². The second-order valence-electron chi connectivity index (χ2n) is 3.55. The van der Waals surface area contributed by atoms with E-state index < -0.39 is 0 Å². The summed E-state index contributed by atoms with van der Waals surface area (Å²) in [4.78, 5) is 13.9. The standard InChI is InChI=1S/C11H12N2OS/c1-7-6-8(2)13(12-7)11(14)10-5-4-9(3)15-10/h4-6H,1-3H3. The van der Waals surface area contributed by atoms with Crippen molar-refractivity contribution in [1.82, 2.24) is 9.78 Å². The van der Waals surface area contributed by atoms with E-state index in [-0.39, 0.29) is 5.91 Å². The number of thiophene rings is 1. The highest BCUT2D eigenvalue weighted by Gasteiger charge is 2.13. The third-order valence-corrected chi connectivity index (χ3v) is 3.14. The minimum atomic E-state index is -0.0429. The Morgan fingerprint density at radius 1 is 1.33 bits per heavy atom. The van der Waals surface area contributed by atoms with Crippen LogP contribution in [0.3, 0.4) is 0 Å². The lowest BCUT2D eigenvalue weighted by Crippen LogP contribution is -2.13. The molecule has 78 valence electrons. The molecule has 0 atom stereocenters. The fraction of sp³-hybridized carbons (Fsp3) is 0.273. The average Bonchev–Trinajstić information content (AvgIpc) is 2.71. The summed E-state index contributed by atoms with van der Waals surface area (Å²) in [5.41, 5.74) is 1.75. The summed E-state index contributed by atoms with van der Waals surface area (Å²) in [6.45, 7) is 5.76. The predicted molar refractivity (Wildman–Crippen MR) is 60.5 cm³/mol. The number of carbonyl (C=O) groups is 1. The molecule has 0 bridgehead atoms. The Kier molecular flexibility index (Phi) is 2.44. The zero-order valence-electron chi connectivity index (χ0n) is 8.94. The molecular formula is C11H12N2OS. The molecule has 0 N–H and O–H groups in total. The molecule has 4 heteroatoms. The fourth-order valence-electron chi connectivity index (χ4n) is 1.49. The highest BCUT2D eigenvalue weighted by Crippen LogP contribution is 2.17. The van der Waals surface area contributed by atoms with Gasteiger partial charge in [-0.15, -0.1) is 11.3 Å². The highest BCUT2D eigenvalue weighted by atomic mass is 32.1. The Balaban J connectivity index is 2.40. The number of aryl methyl sites for hydroxylation is 3. The van der Waals surface area contributed by atoms with Crippen LogP contribution in [0.15, 0.2) is 18.2 Å². The molecule has 0 saturated heterocycles. The number of carbonyl (C=O) groups excluding carboxylic acids is 1. The van der Waals surface area contributed by atoms with Crippen molar-refractivity contribution in [2.75, 3.05) is 0 Å². The molecule has 0 aliphatic heterocycles. The monoisotopic (exact) mass is 220 g/mol. The molecule has 2 rings (SSSR count). The van der Waals surface area contributed by atoms with Crippen molar-refractivity contribution >= 4 is 17.2 Å². The molecule has 0 aliphatic rings. The van der Waals surface area contributed by atoms with Gasteiger partial charge in [-0.2, -0.15) is 5.10 Å². The number of hydrogen-bond donors (Lipinski definition) is 0. The van der Waals surface area contributed by atoms with Gasteiger partial charge in [-0.25, -0.2) is 4.68 Å². The van der Waals surface area contributed by atoms with Gasteiger partial charge in [-0.1, -0.05) is 0 Å². The van der Waals surface area contributed by atoms with E-state index in [1.54, 1.807) is 0 Å². The van der Waals surface area contributed by atoms with Crippen LogP contribution in [0.5, 0.6) is 0 Å². The lowest BCUT2D eigenvalue weighted by Gasteiger charge is -1.99. The van der Waals surface area contributed by atoms with E-state index in [0.29, 0.717) is 0 Å². The lowest BCUT2D eigenvalue weighted by molar-refractivity contribution is 0.0946. The Bertz CT molecular complexity index is 510. The van der Waals surface area contributed by atoms with Crippen LogP contribution in [0, 0.1) is 20.8 Å². The van der Waals surface area contributed by atoms with Crippen molar-refractivity contribution in [3.8, 4) is 0 Å². The first-order chi connectivity index (χ1) is 7.08. The maximum absolute atomic E-state index is 12.0. The molecule has 2 heterocycles. The van der Waals surface area contributed by atoms with Crippen LogP contribution in [-0.4, -0.2) is 15.7 Å². The van der Waals surface area contributed by atoms with Crippen molar-refractivity contribution in [2.45, 2.75) is 20.8 Å². The second-order valence-corrected chi connectivity index (χ2v) is 4.84. The van der Waals surface area contributed by atoms with Crippen LogP contribution >= 0.6 is 11.3 Å². The van der Waals surface area contributed by atoms with Gasteiger partial charge in [-0.05, 0) is 39.0 Å². The first-order valence-corrected chi connectivity index (χ1v) is 5.54. The van der Waals surface area contributed by atoms with Crippen molar-refractivity contribution in [3.63, 3.8) is 0 Å². The smallest absolute Gasteiger partial charge is 0.266 e. The summed E-state index contributed by atoms with van der Waals surface area (Å²) < 4.78 is 1.46. The fourth-order valence-corrected chi connectivity index (χ4v) is 2.28. The molecule has 0 amide bonds. The average molecular weight is 220 g/mol. The molecule has 0 radical (unpaired) electrons. The van der Waals surface area contributed by atoms with E-state index >= 15 is 0 Å². The van der Waals surface area contributed by atoms with Gasteiger partial charge >= 0.3 is 0 Å². The normalized spacial score (nSPS) is 10.6. The number of aromatic nitrogens is 2. The van der Waals surface area contributed by atoms with Gasteiger partial charge in [0.15, 0.2) is 0 Å². The molecule has 0 spiro atoms. The van der Waals surface area contributed by atoms with Gasteiger partial charge < -0.3 is 0 Å². The molecule has 0 fully saturated rings. The minimum absolute atomic E-state index is 0.0429. The van der Waals surface area contributed by atoms with Crippen LogP contribution in [0.2, 0.25) is 0 Å². The third kappa shape index (κ3) is 1.85.